The Morgan fingerprint density at radius 1 is 1.69 bits per heavy atom. The monoisotopic (exact) mass is 185 g/mol. The van der Waals surface area contributed by atoms with E-state index in [9.17, 15) is 4.79 Å². The van der Waals surface area contributed by atoms with Gasteiger partial charge in [-0.1, -0.05) is 0 Å². The van der Waals surface area contributed by atoms with Crippen molar-refractivity contribution in [2.45, 2.75) is 19.9 Å². The van der Waals surface area contributed by atoms with Crippen molar-refractivity contribution in [1.82, 2.24) is 10.2 Å². The molecule has 0 saturated heterocycles. The van der Waals surface area contributed by atoms with E-state index in [0.29, 0.717) is 0 Å². The van der Waals surface area contributed by atoms with Crippen LogP contribution in [0.25, 0.3) is 0 Å². The maximum Gasteiger partial charge on any atom is 0.396 e. The lowest BCUT2D eigenvalue weighted by atomic mass is 10.4. The average Bonchev–Trinajstić information content (AvgIpc) is 2.52. The lowest BCUT2D eigenvalue weighted by Crippen LogP contribution is -2.05. The smallest absolute Gasteiger partial charge is 0.396 e. The zero-order valence-corrected chi connectivity index (χ0v) is 7.48. The second kappa shape index (κ2) is 3.99. The lowest BCUT2D eigenvalue weighted by Gasteiger charge is -1.96. The molecule has 1 heterocycles. The van der Waals surface area contributed by atoms with E-state index < -0.39 is 5.97 Å². The summed E-state index contributed by atoms with van der Waals surface area (Å²) in [5.41, 5.74) is 5.45. The van der Waals surface area contributed by atoms with Crippen LogP contribution in [0.1, 0.15) is 36.5 Å². The van der Waals surface area contributed by atoms with Gasteiger partial charge in [0, 0.05) is 0 Å². The minimum Gasteiger partial charge on any atom is -0.459 e. The number of esters is 1. The van der Waals surface area contributed by atoms with Gasteiger partial charge in [0.2, 0.25) is 5.89 Å². The highest BCUT2D eigenvalue weighted by Gasteiger charge is 2.17. The molecular weight excluding hydrogens is 174 g/mol. The predicted octanol–water partition coefficient (Wildman–Crippen LogP) is 0.266. The molecule has 2 N–H and O–H groups in total. The molecule has 1 aromatic rings. The van der Waals surface area contributed by atoms with Gasteiger partial charge in [-0.05, 0) is 13.8 Å². The maximum absolute atomic E-state index is 11.0. The number of rotatable bonds is 3. The van der Waals surface area contributed by atoms with Gasteiger partial charge in [0.25, 0.3) is 0 Å². The molecule has 6 nitrogen and oxygen atoms in total. The number of nitrogens with two attached hydrogens (primary N) is 1. The summed E-state index contributed by atoms with van der Waals surface area (Å²) >= 11 is 0. The SMILES string of the molecule is CCOC(=O)c1nnc(C(C)N)o1. The van der Waals surface area contributed by atoms with Gasteiger partial charge >= 0.3 is 11.9 Å². The first-order chi connectivity index (χ1) is 6.15. The van der Waals surface area contributed by atoms with E-state index in [2.05, 4.69) is 14.9 Å². The summed E-state index contributed by atoms with van der Waals surface area (Å²) in [6.07, 6.45) is 0. The molecule has 72 valence electrons. The first kappa shape index (κ1) is 9.66. The second-order valence-electron chi connectivity index (χ2n) is 2.45. The van der Waals surface area contributed by atoms with E-state index >= 15 is 0 Å². The third-order valence-corrected chi connectivity index (χ3v) is 1.28. The normalized spacial score (nSPS) is 12.5. The lowest BCUT2D eigenvalue weighted by molar-refractivity contribution is 0.0478. The second-order valence-corrected chi connectivity index (χ2v) is 2.45. The average molecular weight is 185 g/mol. The molecule has 1 rings (SSSR count). The Labute approximate surface area is 75.1 Å². The van der Waals surface area contributed by atoms with Gasteiger partial charge < -0.3 is 14.9 Å². The van der Waals surface area contributed by atoms with Crippen molar-refractivity contribution in [3.05, 3.63) is 11.8 Å². The third-order valence-electron chi connectivity index (χ3n) is 1.28. The van der Waals surface area contributed by atoms with Crippen LogP contribution in [-0.2, 0) is 4.74 Å². The molecule has 0 aromatic carbocycles. The summed E-state index contributed by atoms with van der Waals surface area (Å²) < 4.78 is 9.58. The number of hydrogen-bond donors (Lipinski definition) is 1. The number of hydrogen-bond acceptors (Lipinski definition) is 6. The standard InChI is InChI=1S/C7H11N3O3/c1-3-12-7(11)6-10-9-5(13-6)4(2)8/h4H,3,8H2,1-2H3. The van der Waals surface area contributed by atoms with Crippen LogP contribution in [0.3, 0.4) is 0 Å². The van der Waals surface area contributed by atoms with Crippen LogP contribution < -0.4 is 5.73 Å². The highest BCUT2D eigenvalue weighted by molar-refractivity contribution is 5.83. The number of ether oxygens (including phenoxy) is 1. The summed E-state index contributed by atoms with van der Waals surface area (Å²) in [6.45, 7) is 3.65. The van der Waals surface area contributed by atoms with Crippen molar-refractivity contribution in [3.63, 3.8) is 0 Å². The Hall–Kier alpha value is -1.43. The molecule has 0 bridgehead atoms. The summed E-state index contributed by atoms with van der Waals surface area (Å²) in [7, 11) is 0. The third kappa shape index (κ3) is 2.25. The molecule has 0 aliphatic carbocycles. The van der Waals surface area contributed by atoms with Gasteiger partial charge in [-0.3, -0.25) is 0 Å². The zero-order chi connectivity index (χ0) is 9.84. The Bertz CT molecular complexity index is 295. The fraction of sp³-hybridized carbons (Fsp3) is 0.571. The van der Waals surface area contributed by atoms with Crippen LogP contribution in [0.4, 0.5) is 0 Å². The minimum atomic E-state index is -0.623. The van der Waals surface area contributed by atoms with Crippen LogP contribution in [-0.4, -0.2) is 22.8 Å². The topological polar surface area (TPSA) is 91.2 Å². The van der Waals surface area contributed by atoms with Crippen molar-refractivity contribution >= 4 is 5.97 Å². The molecule has 13 heavy (non-hydrogen) atoms. The number of carbonyl (C=O) groups is 1. The number of carbonyl (C=O) groups excluding carboxylic acids is 1. The van der Waals surface area contributed by atoms with Crippen molar-refractivity contribution in [1.29, 1.82) is 0 Å². The van der Waals surface area contributed by atoms with E-state index in [1.54, 1.807) is 13.8 Å². The van der Waals surface area contributed by atoms with E-state index in [-0.39, 0.29) is 24.4 Å². The molecule has 0 radical (unpaired) electrons. The van der Waals surface area contributed by atoms with Crippen LogP contribution in [0.15, 0.2) is 4.42 Å². The predicted molar refractivity (Wildman–Crippen MR) is 42.9 cm³/mol. The maximum atomic E-state index is 11.0. The summed E-state index contributed by atoms with van der Waals surface area (Å²) in [6, 6.07) is -0.379. The van der Waals surface area contributed by atoms with E-state index in [0.717, 1.165) is 0 Å². The van der Waals surface area contributed by atoms with E-state index in [1.165, 1.54) is 0 Å². The zero-order valence-electron chi connectivity index (χ0n) is 7.48. The molecule has 1 atom stereocenters. The summed E-state index contributed by atoms with van der Waals surface area (Å²) in [5, 5.41) is 7.06. The van der Waals surface area contributed by atoms with Gasteiger partial charge in [-0.15, -0.1) is 10.2 Å². The number of nitrogens with zero attached hydrogens (tertiary/aromatic N) is 2. The largest absolute Gasteiger partial charge is 0.459 e. The van der Waals surface area contributed by atoms with Gasteiger partial charge in [-0.2, -0.15) is 0 Å². The van der Waals surface area contributed by atoms with Gasteiger partial charge in [0.1, 0.15) is 0 Å². The quantitative estimate of drug-likeness (QED) is 0.679. The fourth-order valence-electron chi connectivity index (χ4n) is 0.694. The van der Waals surface area contributed by atoms with Crippen LogP contribution in [0.5, 0.6) is 0 Å². The number of aromatic nitrogens is 2. The molecule has 0 amide bonds. The highest BCUT2D eigenvalue weighted by Crippen LogP contribution is 2.07. The van der Waals surface area contributed by atoms with Crippen molar-refractivity contribution in [2.24, 2.45) is 5.73 Å². The van der Waals surface area contributed by atoms with Gasteiger partial charge in [-0.25, -0.2) is 4.79 Å². The van der Waals surface area contributed by atoms with Crippen LogP contribution >= 0.6 is 0 Å². The molecule has 0 fully saturated rings. The minimum absolute atomic E-state index is 0.158. The fourth-order valence-corrected chi connectivity index (χ4v) is 0.694. The molecule has 0 aliphatic rings. The van der Waals surface area contributed by atoms with E-state index in [4.69, 9.17) is 10.2 Å². The van der Waals surface area contributed by atoms with Crippen molar-refractivity contribution < 1.29 is 13.9 Å². The molecule has 0 aliphatic heterocycles. The summed E-state index contributed by atoms with van der Waals surface area (Å²) in [4.78, 5) is 11.0. The van der Waals surface area contributed by atoms with E-state index in [1.807, 2.05) is 0 Å². The first-order valence-electron chi connectivity index (χ1n) is 3.91. The molecular formula is C7H11N3O3. The van der Waals surface area contributed by atoms with Crippen molar-refractivity contribution in [3.8, 4) is 0 Å². The Kier molecular flexibility index (Phi) is 2.97. The van der Waals surface area contributed by atoms with Crippen LogP contribution in [0, 0.1) is 0 Å². The van der Waals surface area contributed by atoms with Gasteiger partial charge in [0.15, 0.2) is 0 Å². The molecule has 1 unspecified atom stereocenters. The molecule has 1 aromatic heterocycles. The summed E-state index contributed by atoms with van der Waals surface area (Å²) in [5.74, 6) is -0.556. The Balaban J connectivity index is 2.73. The highest BCUT2D eigenvalue weighted by atomic mass is 16.5. The van der Waals surface area contributed by atoms with Crippen molar-refractivity contribution in [2.75, 3.05) is 6.61 Å². The Morgan fingerprint density at radius 2 is 2.38 bits per heavy atom. The Morgan fingerprint density at radius 3 is 2.85 bits per heavy atom. The van der Waals surface area contributed by atoms with Crippen LogP contribution in [0.2, 0.25) is 0 Å². The first-order valence-corrected chi connectivity index (χ1v) is 3.91. The molecule has 0 saturated carbocycles. The van der Waals surface area contributed by atoms with Gasteiger partial charge in [0.05, 0.1) is 12.6 Å². The molecule has 6 heteroatoms. The molecule has 0 spiro atoms.